The fraction of sp³-hybridized carbons (Fsp3) is 0.161. The number of methoxy groups -OCH3 is 1. The Balaban J connectivity index is 1.53. The molecule has 7 nitrogen and oxygen atoms in total. The van der Waals surface area contributed by atoms with Crippen LogP contribution in [0.25, 0.3) is 0 Å². The van der Waals surface area contributed by atoms with E-state index in [0.717, 1.165) is 28.8 Å². The van der Waals surface area contributed by atoms with Crippen molar-refractivity contribution in [2.45, 2.75) is 19.1 Å². The number of rotatable bonds is 12. The smallest absolute Gasteiger partial charge is 0.247 e. The zero-order chi connectivity index (χ0) is 26.7. The Kier molecular flexibility index (Phi) is 8.97. The molecule has 0 aliphatic heterocycles. The fourth-order valence-electron chi connectivity index (χ4n) is 4.01. The Labute approximate surface area is 223 Å². The Hall–Kier alpha value is -4.78. The summed E-state index contributed by atoms with van der Waals surface area (Å²) < 4.78 is 11.6. The molecule has 1 atom stereocenters. The number of anilines is 1. The number of hydrogen-bond donors (Lipinski definition) is 4. The summed E-state index contributed by atoms with van der Waals surface area (Å²) in [4.78, 5) is 13.4. The number of nitrogens with one attached hydrogen (secondary N) is 3. The number of carbonyl (C=O) groups excluding carboxylic acids is 1. The van der Waals surface area contributed by atoms with Crippen molar-refractivity contribution >= 4 is 17.4 Å². The van der Waals surface area contributed by atoms with E-state index in [1.807, 2.05) is 78.9 Å². The molecule has 4 rings (SSSR count). The third-order valence-corrected chi connectivity index (χ3v) is 6.08. The largest absolute Gasteiger partial charge is 0.493 e. The van der Waals surface area contributed by atoms with Gasteiger partial charge in [-0.15, -0.1) is 0 Å². The summed E-state index contributed by atoms with van der Waals surface area (Å²) in [5.41, 5.74) is 9.85. The van der Waals surface area contributed by atoms with Crippen molar-refractivity contribution in [3.63, 3.8) is 0 Å². The van der Waals surface area contributed by atoms with E-state index in [0.29, 0.717) is 30.2 Å². The van der Waals surface area contributed by atoms with Gasteiger partial charge in [0.05, 0.1) is 7.11 Å². The lowest BCUT2D eigenvalue weighted by Gasteiger charge is -2.22. The first-order chi connectivity index (χ1) is 18.5. The van der Waals surface area contributed by atoms with E-state index in [9.17, 15) is 4.79 Å². The third-order valence-electron chi connectivity index (χ3n) is 6.08. The maximum atomic E-state index is 13.4. The topological polar surface area (TPSA) is 109 Å². The van der Waals surface area contributed by atoms with E-state index in [1.54, 1.807) is 31.4 Å². The zero-order valence-electron chi connectivity index (χ0n) is 21.3. The summed E-state index contributed by atoms with van der Waals surface area (Å²) in [6.45, 7) is 0.903. The van der Waals surface area contributed by atoms with Gasteiger partial charge in [-0.1, -0.05) is 66.7 Å². The molecule has 0 aliphatic rings. The summed E-state index contributed by atoms with van der Waals surface area (Å²) in [5.74, 6) is 0.947. The highest BCUT2D eigenvalue weighted by Gasteiger charge is 2.22. The molecule has 0 saturated carbocycles. The molecule has 0 saturated heterocycles. The Morgan fingerprint density at radius 3 is 2.16 bits per heavy atom. The average Bonchev–Trinajstić information content (AvgIpc) is 2.96. The van der Waals surface area contributed by atoms with Gasteiger partial charge in [-0.3, -0.25) is 10.2 Å². The van der Waals surface area contributed by atoms with Crippen molar-refractivity contribution in [1.29, 1.82) is 5.41 Å². The Morgan fingerprint density at radius 1 is 0.868 bits per heavy atom. The van der Waals surface area contributed by atoms with Crippen molar-refractivity contribution in [1.82, 2.24) is 5.32 Å². The van der Waals surface area contributed by atoms with Crippen LogP contribution in [-0.2, 0) is 17.8 Å². The number of amidine groups is 1. The molecule has 7 heteroatoms. The van der Waals surface area contributed by atoms with Gasteiger partial charge < -0.3 is 25.8 Å². The van der Waals surface area contributed by atoms with Crippen molar-refractivity contribution < 1.29 is 14.3 Å². The van der Waals surface area contributed by atoms with Crippen LogP contribution in [0.2, 0.25) is 0 Å². The van der Waals surface area contributed by atoms with Crippen molar-refractivity contribution in [3.8, 4) is 11.5 Å². The normalized spacial score (nSPS) is 11.3. The molecule has 0 radical (unpaired) electrons. The lowest BCUT2D eigenvalue weighted by molar-refractivity contribution is -0.121. The molecular weight excluding hydrogens is 476 g/mol. The number of ether oxygens (including phenoxy) is 2. The molecule has 4 aromatic carbocycles. The molecule has 0 fully saturated rings. The summed E-state index contributed by atoms with van der Waals surface area (Å²) in [6, 6.07) is 31.8. The summed E-state index contributed by atoms with van der Waals surface area (Å²) in [7, 11) is 1.58. The number of benzene rings is 4. The lowest BCUT2D eigenvalue weighted by atomic mass is 10.0. The van der Waals surface area contributed by atoms with Crippen LogP contribution < -0.4 is 25.8 Å². The SMILES string of the molecule is COc1cc([C@H](Nc2ccc(C(=N)N)cc2)C(=O)NCCc2ccccc2)ccc1OCc1ccccc1. The first-order valence-electron chi connectivity index (χ1n) is 12.4. The van der Waals surface area contributed by atoms with E-state index in [-0.39, 0.29) is 11.7 Å². The van der Waals surface area contributed by atoms with Gasteiger partial charge in [-0.2, -0.15) is 0 Å². The molecule has 0 spiro atoms. The fourth-order valence-corrected chi connectivity index (χ4v) is 4.01. The van der Waals surface area contributed by atoms with E-state index >= 15 is 0 Å². The number of nitrogens with two attached hydrogens (primary N) is 1. The van der Waals surface area contributed by atoms with E-state index in [4.69, 9.17) is 20.6 Å². The minimum atomic E-state index is -0.689. The summed E-state index contributed by atoms with van der Waals surface area (Å²) >= 11 is 0. The van der Waals surface area contributed by atoms with Gasteiger partial charge in [0.25, 0.3) is 0 Å². The van der Waals surface area contributed by atoms with Crippen molar-refractivity contribution in [3.05, 3.63) is 125 Å². The molecule has 4 aromatic rings. The highest BCUT2D eigenvalue weighted by atomic mass is 16.5. The van der Waals surface area contributed by atoms with Crippen LogP contribution in [0.5, 0.6) is 11.5 Å². The third kappa shape index (κ3) is 7.13. The van der Waals surface area contributed by atoms with Crippen LogP contribution >= 0.6 is 0 Å². The molecule has 1 amide bonds. The Bertz CT molecular complexity index is 1340. The molecule has 0 aromatic heterocycles. The zero-order valence-corrected chi connectivity index (χ0v) is 21.3. The van der Waals surface area contributed by atoms with Crippen LogP contribution in [0.3, 0.4) is 0 Å². The van der Waals surface area contributed by atoms with Gasteiger partial charge in [0.15, 0.2) is 11.5 Å². The van der Waals surface area contributed by atoms with Crippen LogP contribution in [-0.4, -0.2) is 25.4 Å². The van der Waals surface area contributed by atoms with Gasteiger partial charge in [0.1, 0.15) is 18.5 Å². The van der Waals surface area contributed by atoms with Crippen molar-refractivity contribution in [2.24, 2.45) is 5.73 Å². The van der Waals surface area contributed by atoms with Crippen LogP contribution in [0.15, 0.2) is 103 Å². The molecule has 0 bridgehead atoms. The van der Waals surface area contributed by atoms with Gasteiger partial charge in [-0.25, -0.2) is 0 Å². The standard InChI is InChI=1S/C31H32N4O3/c1-37-28-20-25(14-17-27(28)38-21-23-10-6-3-7-11-23)29(35-26-15-12-24(13-16-26)30(32)33)31(36)34-19-18-22-8-4-2-5-9-22/h2-17,20,29,35H,18-19,21H2,1H3,(H3,32,33)(H,34,36)/t29-/m0/s1. The number of carbonyl (C=O) groups is 1. The summed E-state index contributed by atoms with van der Waals surface area (Å²) in [5, 5.41) is 14.0. The quantitative estimate of drug-likeness (QED) is 0.158. The molecular formula is C31H32N4O3. The predicted molar refractivity (Wildman–Crippen MR) is 151 cm³/mol. The predicted octanol–water partition coefficient (Wildman–Crippen LogP) is 5.07. The van der Waals surface area contributed by atoms with Crippen LogP contribution in [0, 0.1) is 5.41 Å². The van der Waals surface area contributed by atoms with Crippen LogP contribution in [0.4, 0.5) is 5.69 Å². The average molecular weight is 509 g/mol. The van der Waals surface area contributed by atoms with E-state index in [1.165, 1.54) is 0 Å². The minimum Gasteiger partial charge on any atom is -0.493 e. The second kappa shape index (κ2) is 13.0. The highest BCUT2D eigenvalue weighted by Crippen LogP contribution is 2.32. The minimum absolute atomic E-state index is 0.0115. The van der Waals surface area contributed by atoms with E-state index < -0.39 is 6.04 Å². The molecule has 0 unspecified atom stereocenters. The number of hydrogen-bond acceptors (Lipinski definition) is 5. The van der Waals surface area contributed by atoms with Gasteiger partial charge >= 0.3 is 0 Å². The molecule has 0 aliphatic carbocycles. The lowest BCUT2D eigenvalue weighted by Crippen LogP contribution is -2.34. The van der Waals surface area contributed by atoms with Gasteiger partial charge in [0, 0.05) is 17.8 Å². The van der Waals surface area contributed by atoms with Gasteiger partial charge in [-0.05, 0) is 59.5 Å². The first-order valence-corrected chi connectivity index (χ1v) is 12.4. The second-order valence-electron chi connectivity index (χ2n) is 8.78. The maximum Gasteiger partial charge on any atom is 0.247 e. The van der Waals surface area contributed by atoms with Gasteiger partial charge in [0.2, 0.25) is 5.91 Å². The monoisotopic (exact) mass is 508 g/mol. The first kappa shape index (κ1) is 26.3. The highest BCUT2D eigenvalue weighted by molar-refractivity contribution is 5.95. The number of nitrogen functional groups attached to an aromatic ring is 1. The molecule has 0 heterocycles. The number of amides is 1. The molecule has 5 N–H and O–H groups in total. The Morgan fingerprint density at radius 2 is 1.53 bits per heavy atom. The van der Waals surface area contributed by atoms with Crippen LogP contribution in [0.1, 0.15) is 28.3 Å². The molecule has 194 valence electrons. The summed E-state index contributed by atoms with van der Waals surface area (Å²) in [6.07, 6.45) is 0.724. The second-order valence-corrected chi connectivity index (χ2v) is 8.78. The maximum absolute atomic E-state index is 13.4. The van der Waals surface area contributed by atoms with E-state index in [2.05, 4.69) is 10.6 Å². The molecule has 38 heavy (non-hydrogen) atoms. The van der Waals surface area contributed by atoms with Crippen molar-refractivity contribution in [2.75, 3.05) is 19.0 Å².